The summed E-state index contributed by atoms with van der Waals surface area (Å²) in [5.41, 5.74) is 7.81. The fraction of sp³-hybridized carbons (Fsp3) is 0.0625. The molecule has 0 aliphatic rings. The molecule has 0 saturated heterocycles. The van der Waals surface area contributed by atoms with Crippen molar-refractivity contribution in [1.82, 2.24) is 4.98 Å². The summed E-state index contributed by atoms with van der Waals surface area (Å²) in [7, 11) is 0. The Kier molecular flexibility index (Phi) is 3.31. The maximum atomic E-state index is 13.8. The zero-order valence-corrected chi connectivity index (χ0v) is 11.2. The molecule has 1 heterocycles. The van der Waals surface area contributed by atoms with Gasteiger partial charge in [0.2, 0.25) is 5.91 Å². The van der Waals surface area contributed by atoms with Gasteiger partial charge in [-0.05, 0) is 35.9 Å². The average molecular weight is 283 g/mol. The predicted molar refractivity (Wildman–Crippen MR) is 80.5 cm³/mol. The number of primary amides is 1. The van der Waals surface area contributed by atoms with Gasteiger partial charge >= 0.3 is 0 Å². The summed E-state index contributed by atoms with van der Waals surface area (Å²) >= 11 is 0. The standard InChI is InChI=1S/C16H14FN3O/c17-13-5-4-10(16(18)21)8-15(13)20-9-11-2-1-3-14-12(11)6-7-19-14/h1-8,19-20H,9H2,(H2,18,21). The molecule has 0 aliphatic heterocycles. The number of halogens is 1. The molecule has 4 nitrogen and oxygen atoms in total. The first kappa shape index (κ1) is 13.2. The molecule has 0 unspecified atom stereocenters. The van der Waals surface area contributed by atoms with Crippen molar-refractivity contribution in [2.45, 2.75) is 6.54 Å². The second-order valence-corrected chi connectivity index (χ2v) is 4.77. The zero-order valence-electron chi connectivity index (χ0n) is 11.2. The van der Waals surface area contributed by atoms with Crippen molar-refractivity contribution < 1.29 is 9.18 Å². The van der Waals surface area contributed by atoms with Crippen LogP contribution in [-0.2, 0) is 6.54 Å². The van der Waals surface area contributed by atoms with Gasteiger partial charge in [-0.3, -0.25) is 4.79 Å². The van der Waals surface area contributed by atoms with E-state index < -0.39 is 11.7 Å². The molecule has 0 atom stereocenters. The van der Waals surface area contributed by atoms with Gasteiger partial charge in [-0.2, -0.15) is 0 Å². The molecule has 21 heavy (non-hydrogen) atoms. The first-order chi connectivity index (χ1) is 10.1. The average Bonchev–Trinajstić information content (AvgIpc) is 2.95. The van der Waals surface area contributed by atoms with E-state index >= 15 is 0 Å². The second kappa shape index (κ2) is 5.28. The van der Waals surface area contributed by atoms with E-state index in [4.69, 9.17) is 5.73 Å². The summed E-state index contributed by atoms with van der Waals surface area (Å²) in [5, 5.41) is 4.09. The molecule has 0 saturated carbocycles. The molecule has 1 aromatic heterocycles. The van der Waals surface area contributed by atoms with Crippen LogP contribution in [0.5, 0.6) is 0 Å². The molecular weight excluding hydrogens is 269 g/mol. The van der Waals surface area contributed by atoms with Gasteiger partial charge in [0.1, 0.15) is 5.82 Å². The Labute approximate surface area is 120 Å². The molecule has 1 amide bonds. The minimum absolute atomic E-state index is 0.263. The fourth-order valence-corrected chi connectivity index (χ4v) is 2.31. The highest BCUT2D eigenvalue weighted by Crippen LogP contribution is 2.21. The van der Waals surface area contributed by atoms with Crippen LogP contribution >= 0.6 is 0 Å². The van der Waals surface area contributed by atoms with Crippen molar-refractivity contribution in [3.8, 4) is 0 Å². The largest absolute Gasteiger partial charge is 0.379 e. The number of nitrogens with two attached hydrogens (primary N) is 1. The number of anilines is 1. The van der Waals surface area contributed by atoms with E-state index in [1.165, 1.54) is 18.2 Å². The van der Waals surface area contributed by atoms with E-state index in [0.717, 1.165) is 16.5 Å². The van der Waals surface area contributed by atoms with E-state index in [2.05, 4.69) is 10.3 Å². The number of carbonyl (C=O) groups is 1. The van der Waals surface area contributed by atoms with Crippen molar-refractivity contribution in [3.63, 3.8) is 0 Å². The van der Waals surface area contributed by atoms with Crippen LogP contribution in [-0.4, -0.2) is 10.9 Å². The number of nitrogens with one attached hydrogen (secondary N) is 2. The highest BCUT2D eigenvalue weighted by Gasteiger charge is 2.08. The lowest BCUT2D eigenvalue weighted by atomic mass is 10.1. The fourth-order valence-electron chi connectivity index (χ4n) is 2.31. The normalized spacial score (nSPS) is 10.7. The van der Waals surface area contributed by atoms with Crippen LogP contribution in [0, 0.1) is 5.82 Å². The Morgan fingerprint density at radius 1 is 1.24 bits per heavy atom. The SMILES string of the molecule is NC(=O)c1ccc(F)c(NCc2cccc3[nH]ccc23)c1. The zero-order chi connectivity index (χ0) is 14.8. The lowest BCUT2D eigenvalue weighted by Crippen LogP contribution is -2.12. The third kappa shape index (κ3) is 2.58. The summed E-state index contributed by atoms with van der Waals surface area (Å²) in [6, 6.07) is 11.9. The van der Waals surface area contributed by atoms with Crippen LogP contribution < -0.4 is 11.1 Å². The maximum Gasteiger partial charge on any atom is 0.248 e. The van der Waals surface area contributed by atoms with Gasteiger partial charge in [-0.25, -0.2) is 4.39 Å². The number of carbonyl (C=O) groups excluding carboxylic acids is 1. The predicted octanol–water partition coefficient (Wildman–Crippen LogP) is 3.02. The lowest BCUT2D eigenvalue weighted by molar-refractivity contribution is 0.100. The summed E-state index contributed by atoms with van der Waals surface area (Å²) in [6.07, 6.45) is 1.86. The monoisotopic (exact) mass is 283 g/mol. The van der Waals surface area contributed by atoms with Crippen LogP contribution in [0.3, 0.4) is 0 Å². The second-order valence-electron chi connectivity index (χ2n) is 4.77. The molecule has 0 bridgehead atoms. The highest BCUT2D eigenvalue weighted by molar-refractivity contribution is 5.93. The number of fused-ring (bicyclic) bond motifs is 1. The van der Waals surface area contributed by atoms with Crippen molar-refractivity contribution in [1.29, 1.82) is 0 Å². The summed E-state index contributed by atoms with van der Waals surface area (Å²) < 4.78 is 13.8. The highest BCUT2D eigenvalue weighted by atomic mass is 19.1. The molecule has 3 rings (SSSR count). The van der Waals surface area contributed by atoms with E-state index in [0.29, 0.717) is 6.54 Å². The number of hydrogen-bond acceptors (Lipinski definition) is 2. The van der Waals surface area contributed by atoms with Gasteiger partial charge in [0, 0.05) is 29.2 Å². The van der Waals surface area contributed by atoms with Crippen LogP contribution in [0.25, 0.3) is 10.9 Å². The van der Waals surface area contributed by atoms with Crippen LogP contribution in [0.15, 0.2) is 48.7 Å². The number of rotatable bonds is 4. The van der Waals surface area contributed by atoms with E-state index in [9.17, 15) is 9.18 Å². The van der Waals surface area contributed by atoms with E-state index in [1.54, 1.807) is 0 Å². The Balaban J connectivity index is 1.86. The van der Waals surface area contributed by atoms with Crippen LogP contribution in [0.1, 0.15) is 15.9 Å². The molecule has 0 radical (unpaired) electrons. The van der Waals surface area contributed by atoms with Gasteiger partial charge in [0.05, 0.1) is 5.69 Å². The van der Waals surface area contributed by atoms with E-state index in [-0.39, 0.29) is 11.3 Å². The van der Waals surface area contributed by atoms with Crippen molar-refractivity contribution in [3.05, 3.63) is 65.6 Å². The number of aromatic nitrogens is 1. The van der Waals surface area contributed by atoms with Crippen molar-refractivity contribution in [2.24, 2.45) is 5.73 Å². The molecule has 5 heteroatoms. The Morgan fingerprint density at radius 3 is 2.90 bits per heavy atom. The number of amides is 1. The Bertz CT molecular complexity index is 810. The number of benzene rings is 2. The minimum atomic E-state index is -0.578. The van der Waals surface area contributed by atoms with Crippen LogP contribution in [0.4, 0.5) is 10.1 Å². The number of aromatic amines is 1. The lowest BCUT2D eigenvalue weighted by Gasteiger charge is -2.10. The summed E-state index contributed by atoms with van der Waals surface area (Å²) in [4.78, 5) is 14.3. The molecule has 4 N–H and O–H groups in total. The van der Waals surface area contributed by atoms with Gasteiger partial charge < -0.3 is 16.0 Å². The van der Waals surface area contributed by atoms with Gasteiger partial charge in [0.25, 0.3) is 0 Å². The van der Waals surface area contributed by atoms with Gasteiger partial charge in [-0.1, -0.05) is 12.1 Å². The molecule has 0 fully saturated rings. The molecular formula is C16H14FN3O. The third-order valence-electron chi connectivity index (χ3n) is 3.41. The van der Waals surface area contributed by atoms with Crippen molar-refractivity contribution >= 4 is 22.5 Å². The molecule has 3 aromatic rings. The first-order valence-electron chi connectivity index (χ1n) is 6.53. The summed E-state index contributed by atoms with van der Waals surface area (Å²) in [5.74, 6) is -0.993. The summed E-state index contributed by atoms with van der Waals surface area (Å²) in [6.45, 7) is 0.453. The third-order valence-corrected chi connectivity index (χ3v) is 3.41. The van der Waals surface area contributed by atoms with Crippen molar-refractivity contribution in [2.75, 3.05) is 5.32 Å². The van der Waals surface area contributed by atoms with Crippen LogP contribution in [0.2, 0.25) is 0 Å². The molecule has 0 spiro atoms. The van der Waals surface area contributed by atoms with Gasteiger partial charge in [0.15, 0.2) is 0 Å². The minimum Gasteiger partial charge on any atom is -0.379 e. The molecule has 0 aliphatic carbocycles. The smallest absolute Gasteiger partial charge is 0.248 e. The molecule has 2 aromatic carbocycles. The quantitative estimate of drug-likeness (QED) is 0.688. The Hall–Kier alpha value is -2.82. The topological polar surface area (TPSA) is 70.9 Å². The van der Waals surface area contributed by atoms with E-state index in [1.807, 2.05) is 30.5 Å². The number of H-pyrrole nitrogens is 1. The molecule has 106 valence electrons. The Morgan fingerprint density at radius 2 is 2.10 bits per heavy atom. The first-order valence-corrected chi connectivity index (χ1v) is 6.53. The maximum absolute atomic E-state index is 13.8. The van der Waals surface area contributed by atoms with Gasteiger partial charge in [-0.15, -0.1) is 0 Å². The number of hydrogen-bond donors (Lipinski definition) is 3.